The summed E-state index contributed by atoms with van der Waals surface area (Å²) in [5, 5.41) is 3.02. The maximum absolute atomic E-state index is 12.6. The van der Waals surface area contributed by atoms with E-state index in [1.165, 1.54) is 0 Å². The highest BCUT2D eigenvalue weighted by atomic mass is 16.5. The molecule has 2 aromatic heterocycles. The number of morpholine rings is 1. The van der Waals surface area contributed by atoms with Crippen LogP contribution in [0.15, 0.2) is 24.7 Å². The third kappa shape index (κ3) is 5.55. The minimum absolute atomic E-state index is 0.0517. The van der Waals surface area contributed by atoms with Crippen molar-refractivity contribution in [2.24, 2.45) is 7.05 Å². The second-order valence-corrected chi connectivity index (χ2v) is 7.23. The lowest BCUT2D eigenvalue weighted by Gasteiger charge is -2.26. The Bertz CT molecular complexity index is 779. The topological polar surface area (TPSA) is 75.5 Å². The van der Waals surface area contributed by atoms with E-state index in [0.717, 1.165) is 56.2 Å². The molecule has 8 heteroatoms. The predicted octanol–water partition coefficient (Wildman–Crippen LogP) is 1.78. The molecule has 1 aliphatic rings. The average Bonchev–Trinajstić information content (AvgIpc) is 3.16. The Kier molecular flexibility index (Phi) is 7.60. The van der Waals surface area contributed by atoms with Crippen molar-refractivity contribution in [1.29, 1.82) is 0 Å². The van der Waals surface area contributed by atoms with Crippen molar-refractivity contribution < 1.29 is 9.53 Å². The van der Waals surface area contributed by atoms with E-state index in [9.17, 15) is 4.79 Å². The average molecular weight is 401 g/mol. The summed E-state index contributed by atoms with van der Waals surface area (Å²) in [7, 11) is 1.89. The number of nitrogens with zero attached hydrogens (tertiary/aromatic N) is 5. The van der Waals surface area contributed by atoms with Gasteiger partial charge < -0.3 is 24.4 Å². The molecule has 1 N–H and O–H groups in total. The summed E-state index contributed by atoms with van der Waals surface area (Å²) >= 11 is 0. The van der Waals surface area contributed by atoms with Crippen molar-refractivity contribution in [3.8, 4) is 11.1 Å². The van der Waals surface area contributed by atoms with Crippen LogP contribution in [0.25, 0.3) is 11.1 Å². The summed E-state index contributed by atoms with van der Waals surface area (Å²) < 4.78 is 7.22. The molecule has 1 aliphatic heterocycles. The number of carbonyl (C=O) groups is 1. The fourth-order valence-electron chi connectivity index (χ4n) is 3.48. The molecule has 0 saturated carbocycles. The molecule has 29 heavy (non-hydrogen) atoms. The van der Waals surface area contributed by atoms with Gasteiger partial charge in [-0.1, -0.05) is 13.8 Å². The van der Waals surface area contributed by atoms with Gasteiger partial charge in [-0.2, -0.15) is 0 Å². The van der Waals surface area contributed by atoms with Crippen LogP contribution >= 0.6 is 0 Å². The van der Waals surface area contributed by atoms with Crippen LogP contribution in [0.1, 0.15) is 30.8 Å². The Hall–Kier alpha value is -2.45. The van der Waals surface area contributed by atoms with E-state index >= 15 is 0 Å². The largest absolute Gasteiger partial charge is 0.378 e. The number of nitrogens with one attached hydrogen (secondary N) is 1. The van der Waals surface area contributed by atoms with Crippen molar-refractivity contribution in [3.05, 3.63) is 30.4 Å². The number of anilines is 1. The minimum atomic E-state index is -0.0517. The van der Waals surface area contributed by atoms with Gasteiger partial charge in [-0.15, -0.1) is 0 Å². The van der Waals surface area contributed by atoms with E-state index in [1.807, 2.05) is 36.3 Å². The number of carbonyl (C=O) groups excluding carboxylic acids is 1. The molecule has 2 aromatic rings. The molecule has 0 radical (unpaired) electrons. The Labute approximate surface area is 172 Å². The van der Waals surface area contributed by atoms with Crippen LogP contribution in [-0.4, -0.2) is 77.8 Å². The van der Waals surface area contributed by atoms with Crippen LogP contribution < -0.4 is 10.2 Å². The van der Waals surface area contributed by atoms with Gasteiger partial charge in [0.25, 0.3) is 5.91 Å². The van der Waals surface area contributed by atoms with Crippen molar-refractivity contribution in [3.63, 3.8) is 0 Å². The zero-order valence-corrected chi connectivity index (χ0v) is 17.7. The molecule has 1 amide bonds. The lowest BCUT2D eigenvalue weighted by Crippen LogP contribution is -2.37. The van der Waals surface area contributed by atoms with Crippen LogP contribution in [0, 0.1) is 0 Å². The van der Waals surface area contributed by atoms with Gasteiger partial charge >= 0.3 is 0 Å². The van der Waals surface area contributed by atoms with Crippen LogP contribution in [-0.2, 0) is 11.8 Å². The second kappa shape index (κ2) is 10.4. The third-order valence-electron chi connectivity index (χ3n) is 5.33. The number of amides is 1. The van der Waals surface area contributed by atoms with Crippen LogP contribution in [0.3, 0.4) is 0 Å². The number of ether oxygens (including phenoxy) is 1. The molecule has 0 unspecified atom stereocenters. The summed E-state index contributed by atoms with van der Waals surface area (Å²) in [6, 6.07) is 1.90. The molecule has 1 saturated heterocycles. The number of rotatable bonds is 9. The first-order valence-corrected chi connectivity index (χ1v) is 10.4. The highest BCUT2D eigenvalue weighted by Crippen LogP contribution is 2.22. The van der Waals surface area contributed by atoms with Gasteiger partial charge in [-0.05, 0) is 32.1 Å². The van der Waals surface area contributed by atoms with Gasteiger partial charge in [0.1, 0.15) is 5.69 Å². The molecule has 0 aliphatic carbocycles. The smallest absolute Gasteiger partial charge is 0.267 e. The van der Waals surface area contributed by atoms with Gasteiger partial charge in [0.15, 0.2) is 0 Å². The number of aromatic nitrogens is 3. The molecule has 3 rings (SSSR count). The maximum atomic E-state index is 12.6. The fourth-order valence-corrected chi connectivity index (χ4v) is 3.48. The molecule has 0 atom stereocenters. The summed E-state index contributed by atoms with van der Waals surface area (Å²) in [4.78, 5) is 26.0. The summed E-state index contributed by atoms with van der Waals surface area (Å²) in [5.74, 6) is 0.670. The van der Waals surface area contributed by atoms with Crippen LogP contribution in [0.4, 0.5) is 5.95 Å². The van der Waals surface area contributed by atoms with Crippen molar-refractivity contribution in [2.75, 3.05) is 57.4 Å². The minimum Gasteiger partial charge on any atom is -0.378 e. The number of aryl methyl sites for hydroxylation is 1. The van der Waals surface area contributed by atoms with Crippen LogP contribution in [0.5, 0.6) is 0 Å². The van der Waals surface area contributed by atoms with E-state index in [4.69, 9.17) is 4.74 Å². The number of hydrogen-bond acceptors (Lipinski definition) is 6. The van der Waals surface area contributed by atoms with Crippen molar-refractivity contribution >= 4 is 11.9 Å². The first kappa shape index (κ1) is 21.3. The van der Waals surface area contributed by atoms with Gasteiger partial charge in [-0.25, -0.2) is 9.97 Å². The van der Waals surface area contributed by atoms with Gasteiger partial charge in [0, 0.05) is 56.4 Å². The third-order valence-corrected chi connectivity index (χ3v) is 5.33. The highest BCUT2D eigenvalue weighted by Gasteiger charge is 2.16. The molecule has 0 aromatic carbocycles. The summed E-state index contributed by atoms with van der Waals surface area (Å²) in [6.07, 6.45) is 6.53. The molecule has 1 fully saturated rings. The number of hydrogen-bond donors (Lipinski definition) is 1. The Balaban J connectivity index is 1.58. The first-order chi connectivity index (χ1) is 14.1. The van der Waals surface area contributed by atoms with Gasteiger partial charge in [-0.3, -0.25) is 4.79 Å². The van der Waals surface area contributed by atoms with Crippen LogP contribution in [0.2, 0.25) is 0 Å². The zero-order chi connectivity index (χ0) is 20.6. The molecule has 158 valence electrons. The molecule has 3 heterocycles. The van der Waals surface area contributed by atoms with E-state index < -0.39 is 0 Å². The SMILES string of the molecule is CCN(CC)CCCNC(=O)c1cc(-c2cnc(N3CCOCC3)nc2)cn1C. The first-order valence-electron chi connectivity index (χ1n) is 10.4. The lowest BCUT2D eigenvalue weighted by atomic mass is 10.2. The molecular weight excluding hydrogens is 368 g/mol. The molecule has 8 nitrogen and oxygen atoms in total. The Morgan fingerprint density at radius 2 is 1.86 bits per heavy atom. The van der Waals surface area contributed by atoms with E-state index in [0.29, 0.717) is 25.5 Å². The highest BCUT2D eigenvalue weighted by molar-refractivity contribution is 5.94. The normalized spacial score (nSPS) is 14.4. The predicted molar refractivity (Wildman–Crippen MR) is 114 cm³/mol. The molecular formula is C21H32N6O2. The molecule has 0 spiro atoms. The van der Waals surface area contributed by atoms with Crippen molar-refractivity contribution in [2.45, 2.75) is 20.3 Å². The Morgan fingerprint density at radius 1 is 1.17 bits per heavy atom. The standard InChI is InChI=1S/C21H32N6O2/c1-4-26(5-2)8-6-7-22-20(28)19-13-17(16-25(19)3)18-14-23-21(24-15-18)27-9-11-29-12-10-27/h13-16H,4-12H2,1-3H3,(H,22,28). The van der Waals surface area contributed by atoms with E-state index in [1.54, 1.807) is 0 Å². The van der Waals surface area contributed by atoms with E-state index in [-0.39, 0.29) is 5.91 Å². The summed E-state index contributed by atoms with van der Waals surface area (Å²) in [5.41, 5.74) is 2.48. The van der Waals surface area contributed by atoms with Gasteiger partial charge in [0.2, 0.25) is 5.95 Å². The monoisotopic (exact) mass is 400 g/mol. The lowest BCUT2D eigenvalue weighted by molar-refractivity contribution is 0.0943. The fraction of sp³-hybridized carbons (Fsp3) is 0.571. The Morgan fingerprint density at radius 3 is 2.52 bits per heavy atom. The summed E-state index contributed by atoms with van der Waals surface area (Å²) in [6.45, 7) is 11.1. The zero-order valence-electron chi connectivity index (χ0n) is 17.7. The second-order valence-electron chi connectivity index (χ2n) is 7.23. The molecule has 0 bridgehead atoms. The van der Waals surface area contributed by atoms with Crippen molar-refractivity contribution in [1.82, 2.24) is 24.8 Å². The quantitative estimate of drug-likeness (QED) is 0.647. The van der Waals surface area contributed by atoms with E-state index in [2.05, 4.69) is 38.9 Å². The van der Waals surface area contributed by atoms with Gasteiger partial charge in [0.05, 0.1) is 13.2 Å². The maximum Gasteiger partial charge on any atom is 0.267 e.